The van der Waals surface area contributed by atoms with E-state index < -0.39 is 0 Å². The topological polar surface area (TPSA) is 3.24 Å². The number of nitrogens with zero attached hydrogens (tertiary/aromatic N) is 1. The molecule has 0 aromatic carbocycles. The molecule has 0 aromatic heterocycles. The van der Waals surface area contributed by atoms with Gasteiger partial charge >= 0.3 is 0 Å². The average molecular weight is 135 g/mol. The van der Waals surface area contributed by atoms with Crippen LogP contribution >= 0.6 is 0 Å². The molecule has 0 aromatic rings. The number of hydrogen-bond acceptors (Lipinski definition) is 1. The number of hydrogen-bond donors (Lipinski definition) is 0. The maximum absolute atomic E-state index is 2.48. The molecule has 0 saturated carbocycles. The van der Waals surface area contributed by atoms with Gasteiger partial charge in [0.15, 0.2) is 0 Å². The molecule has 2 aliphatic rings. The summed E-state index contributed by atoms with van der Waals surface area (Å²) >= 11 is 0. The van der Waals surface area contributed by atoms with Gasteiger partial charge in [-0.3, -0.25) is 0 Å². The highest BCUT2D eigenvalue weighted by atomic mass is 15.1. The Morgan fingerprint density at radius 3 is 2.30 bits per heavy atom. The van der Waals surface area contributed by atoms with Gasteiger partial charge in [-0.1, -0.05) is 6.08 Å². The third-order valence-corrected chi connectivity index (χ3v) is 2.26. The second-order valence-corrected chi connectivity index (χ2v) is 3.00. The van der Waals surface area contributed by atoms with Crippen LogP contribution in [0.25, 0.3) is 0 Å². The first-order chi connectivity index (χ1) is 4.97. The van der Waals surface area contributed by atoms with Gasteiger partial charge in [0.1, 0.15) is 0 Å². The zero-order chi connectivity index (χ0) is 6.81. The Balaban J connectivity index is 1.91. The molecule has 1 nitrogen and oxygen atoms in total. The summed E-state index contributed by atoms with van der Waals surface area (Å²) in [5, 5.41) is 0. The van der Waals surface area contributed by atoms with E-state index in [9.17, 15) is 0 Å². The monoisotopic (exact) mass is 135 g/mol. The van der Waals surface area contributed by atoms with E-state index in [4.69, 9.17) is 0 Å². The molecular formula is C9H13N. The molecule has 0 amide bonds. The molecule has 0 radical (unpaired) electrons. The summed E-state index contributed by atoms with van der Waals surface area (Å²) in [7, 11) is 0. The Morgan fingerprint density at radius 1 is 1.10 bits per heavy atom. The van der Waals surface area contributed by atoms with Gasteiger partial charge in [0, 0.05) is 18.8 Å². The van der Waals surface area contributed by atoms with Crippen LogP contribution in [0.2, 0.25) is 0 Å². The summed E-state index contributed by atoms with van der Waals surface area (Å²) in [5.41, 5.74) is 1.44. The summed E-state index contributed by atoms with van der Waals surface area (Å²) in [6.45, 7) is 2.55. The van der Waals surface area contributed by atoms with Crippen molar-refractivity contribution in [2.24, 2.45) is 0 Å². The van der Waals surface area contributed by atoms with Gasteiger partial charge < -0.3 is 4.90 Å². The molecule has 0 spiro atoms. The van der Waals surface area contributed by atoms with Crippen molar-refractivity contribution in [1.29, 1.82) is 0 Å². The predicted molar refractivity (Wildman–Crippen MR) is 42.6 cm³/mol. The number of piperidine rings is 1. The fourth-order valence-electron chi connectivity index (χ4n) is 1.55. The molecule has 0 atom stereocenters. The van der Waals surface area contributed by atoms with E-state index in [1.165, 1.54) is 38.0 Å². The van der Waals surface area contributed by atoms with Crippen molar-refractivity contribution in [2.45, 2.75) is 19.3 Å². The van der Waals surface area contributed by atoms with E-state index in [1.54, 1.807) is 0 Å². The third-order valence-electron chi connectivity index (χ3n) is 2.26. The molecule has 1 aliphatic carbocycles. The molecule has 0 N–H and O–H groups in total. The van der Waals surface area contributed by atoms with Gasteiger partial charge in [0.2, 0.25) is 0 Å². The van der Waals surface area contributed by atoms with Crippen LogP contribution in [0.3, 0.4) is 0 Å². The van der Waals surface area contributed by atoms with E-state index >= 15 is 0 Å². The molecule has 0 bridgehead atoms. The first-order valence-corrected chi connectivity index (χ1v) is 4.10. The van der Waals surface area contributed by atoms with Crippen molar-refractivity contribution in [3.05, 3.63) is 23.9 Å². The van der Waals surface area contributed by atoms with Gasteiger partial charge in [0.25, 0.3) is 0 Å². The molecule has 1 saturated heterocycles. The highest BCUT2D eigenvalue weighted by Crippen LogP contribution is 2.19. The quantitative estimate of drug-likeness (QED) is 0.531. The molecule has 1 fully saturated rings. The largest absolute Gasteiger partial charge is 0.372 e. The Morgan fingerprint density at radius 2 is 1.80 bits per heavy atom. The minimum atomic E-state index is 1.27. The van der Waals surface area contributed by atoms with Crippen LogP contribution in [0.5, 0.6) is 0 Å². The first-order valence-electron chi connectivity index (χ1n) is 4.10. The Bertz CT molecular complexity index is 173. The fraction of sp³-hybridized carbons (Fsp3) is 0.556. The molecule has 0 unspecified atom stereocenters. The lowest BCUT2D eigenvalue weighted by molar-refractivity contribution is 0.291. The second-order valence-electron chi connectivity index (χ2n) is 3.00. The van der Waals surface area contributed by atoms with Crippen LogP contribution in [-0.2, 0) is 0 Å². The molecule has 54 valence electrons. The van der Waals surface area contributed by atoms with E-state index in [0.717, 1.165) is 0 Å². The minimum Gasteiger partial charge on any atom is -0.372 e. The fourth-order valence-corrected chi connectivity index (χ4v) is 1.55. The summed E-state index contributed by atoms with van der Waals surface area (Å²) in [5.74, 6) is 0. The van der Waals surface area contributed by atoms with Crippen LogP contribution < -0.4 is 0 Å². The first kappa shape index (κ1) is 6.02. The molecule has 1 aliphatic heterocycles. The minimum absolute atomic E-state index is 1.27. The normalized spacial score (nSPS) is 24.0. The van der Waals surface area contributed by atoms with E-state index in [1.807, 2.05) is 0 Å². The highest BCUT2D eigenvalue weighted by molar-refractivity contribution is 5.34. The van der Waals surface area contributed by atoms with Crippen molar-refractivity contribution in [3.63, 3.8) is 0 Å². The van der Waals surface area contributed by atoms with Gasteiger partial charge in [0.05, 0.1) is 0 Å². The van der Waals surface area contributed by atoms with Crippen LogP contribution in [-0.4, -0.2) is 18.0 Å². The van der Waals surface area contributed by atoms with Crippen molar-refractivity contribution in [1.82, 2.24) is 4.90 Å². The van der Waals surface area contributed by atoms with Crippen molar-refractivity contribution in [3.8, 4) is 0 Å². The highest BCUT2D eigenvalue weighted by Gasteiger charge is 2.12. The Labute approximate surface area is 62.0 Å². The molecule has 1 heteroatoms. The average Bonchev–Trinajstić information content (AvgIpc) is 1.86. The van der Waals surface area contributed by atoms with Gasteiger partial charge in [-0.2, -0.15) is 0 Å². The maximum atomic E-state index is 2.48. The standard InChI is InChI=1S/C9H13N/c1-2-7-10(8-3-1)9-5-4-6-9/h4-6H,1-3,7-8H2. The van der Waals surface area contributed by atoms with Gasteiger partial charge in [-0.25, -0.2) is 0 Å². The van der Waals surface area contributed by atoms with Crippen molar-refractivity contribution < 1.29 is 0 Å². The number of likely N-dealkylation sites (tertiary alicyclic amines) is 1. The zero-order valence-corrected chi connectivity index (χ0v) is 6.21. The van der Waals surface area contributed by atoms with Crippen LogP contribution in [0.1, 0.15) is 19.3 Å². The summed E-state index contributed by atoms with van der Waals surface area (Å²) in [4.78, 5) is 2.48. The second kappa shape index (κ2) is 2.49. The van der Waals surface area contributed by atoms with Gasteiger partial charge in [-0.15, -0.1) is 0 Å². The lowest BCUT2D eigenvalue weighted by Crippen LogP contribution is -2.29. The molecule has 2 rings (SSSR count). The van der Waals surface area contributed by atoms with Crippen LogP contribution in [0, 0.1) is 0 Å². The molecule has 10 heavy (non-hydrogen) atoms. The zero-order valence-electron chi connectivity index (χ0n) is 6.21. The third kappa shape index (κ3) is 0.962. The summed E-state index contributed by atoms with van der Waals surface area (Å²) in [6.07, 6.45) is 10.7. The Kier molecular flexibility index (Phi) is 1.50. The lowest BCUT2D eigenvalue weighted by atomic mass is 10.1. The van der Waals surface area contributed by atoms with Crippen molar-refractivity contribution >= 4 is 0 Å². The van der Waals surface area contributed by atoms with Gasteiger partial charge in [-0.05, 0) is 31.4 Å². The lowest BCUT2D eigenvalue weighted by Gasteiger charge is -2.31. The van der Waals surface area contributed by atoms with Crippen LogP contribution in [0.4, 0.5) is 0 Å². The molecular weight excluding hydrogens is 122 g/mol. The number of rotatable bonds is 1. The van der Waals surface area contributed by atoms with E-state index in [2.05, 4.69) is 23.1 Å². The smallest absolute Gasteiger partial charge is 0.0366 e. The SMILES string of the molecule is C1=CC(N2CCCCC2)=C1. The number of allylic oxidation sites excluding steroid dienone is 3. The van der Waals surface area contributed by atoms with Crippen LogP contribution in [0.15, 0.2) is 23.9 Å². The van der Waals surface area contributed by atoms with Crippen molar-refractivity contribution in [2.75, 3.05) is 13.1 Å². The Hall–Kier alpha value is -0.720. The predicted octanol–water partition coefficient (Wildman–Crippen LogP) is 1.93. The van der Waals surface area contributed by atoms with E-state index in [-0.39, 0.29) is 0 Å². The maximum Gasteiger partial charge on any atom is 0.0366 e. The molecule has 1 heterocycles. The summed E-state index contributed by atoms with van der Waals surface area (Å²) in [6, 6.07) is 0. The van der Waals surface area contributed by atoms with E-state index in [0.29, 0.717) is 0 Å². The summed E-state index contributed by atoms with van der Waals surface area (Å²) < 4.78 is 0.